The summed E-state index contributed by atoms with van der Waals surface area (Å²) in [6, 6.07) is 9.16. The molecular formula is C23H25F3N8O. The van der Waals surface area contributed by atoms with Crippen LogP contribution in [-0.4, -0.2) is 56.4 Å². The van der Waals surface area contributed by atoms with Crippen molar-refractivity contribution in [3.63, 3.8) is 0 Å². The van der Waals surface area contributed by atoms with Gasteiger partial charge in [-0.1, -0.05) is 31.2 Å². The fourth-order valence-electron chi connectivity index (χ4n) is 3.59. The minimum absolute atomic E-state index is 0.0444. The molecule has 1 aromatic carbocycles. The van der Waals surface area contributed by atoms with Crippen LogP contribution >= 0.6 is 0 Å². The lowest BCUT2D eigenvalue weighted by molar-refractivity contribution is 0.116. The highest BCUT2D eigenvalue weighted by molar-refractivity contribution is 5.65. The van der Waals surface area contributed by atoms with E-state index in [-0.39, 0.29) is 23.7 Å². The Kier molecular flexibility index (Phi) is 7.70. The number of benzene rings is 1. The Bertz CT molecular complexity index is 1250. The van der Waals surface area contributed by atoms with Crippen molar-refractivity contribution >= 4 is 5.69 Å². The van der Waals surface area contributed by atoms with E-state index in [2.05, 4.69) is 47.8 Å². The van der Waals surface area contributed by atoms with Crippen LogP contribution in [0.1, 0.15) is 31.9 Å². The Hall–Kier alpha value is -3.80. The normalized spacial score (nSPS) is 13.6. The molecule has 5 rings (SSSR count). The highest BCUT2D eigenvalue weighted by Gasteiger charge is 2.19. The predicted molar refractivity (Wildman–Crippen MR) is 123 cm³/mol. The number of rotatable bonds is 6. The van der Waals surface area contributed by atoms with Gasteiger partial charge in [0.2, 0.25) is 5.89 Å². The van der Waals surface area contributed by atoms with E-state index in [0.717, 1.165) is 43.5 Å². The lowest BCUT2D eigenvalue weighted by Gasteiger charge is -2.29. The molecule has 9 nitrogen and oxygen atoms in total. The molecule has 0 unspecified atom stereocenters. The molecule has 184 valence electrons. The fraction of sp³-hybridized carbons (Fsp3) is 0.348. The van der Waals surface area contributed by atoms with Gasteiger partial charge < -0.3 is 14.6 Å². The van der Waals surface area contributed by atoms with Crippen LogP contribution in [-0.2, 0) is 6.54 Å². The third-order valence-electron chi connectivity index (χ3n) is 5.27. The summed E-state index contributed by atoms with van der Waals surface area (Å²) in [6.07, 6.45) is 0.108. The Morgan fingerprint density at radius 1 is 1.06 bits per heavy atom. The van der Waals surface area contributed by atoms with Crippen LogP contribution < -0.4 is 10.2 Å². The van der Waals surface area contributed by atoms with Crippen LogP contribution in [0.5, 0.6) is 0 Å². The van der Waals surface area contributed by atoms with E-state index >= 15 is 0 Å². The number of anilines is 1. The van der Waals surface area contributed by atoms with E-state index in [0.29, 0.717) is 5.69 Å². The largest absolute Gasteiger partial charge is 0.415 e. The van der Waals surface area contributed by atoms with Gasteiger partial charge in [0.15, 0.2) is 0 Å². The van der Waals surface area contributed by atoms with Crippen molar-refractivity contribution in [1.29, 1.82) is 0 Å². The van der Waals surface area contributed by atoms with Gasteiger partial charge in [-0.25, -0.2) is 9.07 Å². The Morgan fingerprint density at radius 2 is 1.86 bits per heavy atom. The molecule has 0 spiro atoms. The maximum absolute atomic E-state index is 14.6. The molecule has 0 bridgehead atoms. The average Bonchev–Trinajstić information content (AvgIpc) is 3.58. The predicted octanol–water partition coefficient (Wildman–Crippen LogP) is 3.95. The van der Waals surface area contributed by atoms with E-state index in [1.165, 1.54) is 10.9 Å². The standard InChI is InChI=1S/C21H19F3N8O.C2H6/c22-16-9-14(20-28-29-21(33-20)19(23)24)10-26-18(16)12-32-11-17(27-30-32)13-2-1-3-15(8-13)31-6-4-25-5-7-31;1-2/h1-3,8-11,19,25H,4-7,12H2;1-2H3. The van der Waals surface area contributed by atoms with Gasteiger partial charge in [-0.05, 0) is 18.2 Å². The van der Waals surface area contributed by atoms with Crippen molar-refractivity contribution in [2.45, 2.75) is 26.8 Å². The number of hydrogen-bond donors (Lipinski definition) is 1. The molecule has 1 aliphatic rings. The van der Waals surface area contributed by atoms with Crippen LogP contribution in [0, 0.1) is 5.82 Å². The molecule has 4 aromatic rings. The Labute approximate surface area is 200 Å². The third-order valence-corrected chi connectivity index (χ3v) is 5.27. The molecule has 3 aromatic heterocycles. The zero-order chi connectivity index (χ0) is 24.8. The second-order valence-corrected chi connectivity index (χ2v) is 7.49. The van der Waals surface area contributed by atoms with E-state index in [1.807, 2.05) is 26.0 Å². The number of nitrogens with one attached hydrogen (secondary N) is 1. The SMILES string of the molecule is CC.Fc1cc(-c2nnc(C(F)F)o2)cnc1Cn1cc(-c2cccc(N3CCNCC3)c2)nn1. The Balaban J connectivity index is 0.00000141. The molecule has 0 saturated carbocycles. The van der Waals surface area contributed by atoms with Gasteiger partial charge in [-0.3, -0.25) is 4.98 Å². The van der Waals surface area contributed by atoms with Gasteiger partial charge in [0.1, 0.15) is 11.5 Å². The zero-order valence-corrected chi connectivity index (χ0v) is 19.3. The molecule has 1 saturated heterocycles. The monoisotopic (exact) mass is 486 g/mol. The summed E-state index contributed by atoms with van der Waals surface area (Å²) >= 11 is 0. The molecule has 1 fully saturated rings. The summed E-state index contributed by atoms with van der Waals surface area (Å²) in [5.74, 6) is -1.71. The lowest BCUT2D eigenvalue weighted by atomic mass is 10.1. The maximum atomic E-state index is 14.6. The van der Waals surface area contributed by atoms with Gasteiger partial charge in [0.05, 0.1) is 24.0 Å². The number of piperazine rings is 1. The van der Waals surface area contributed by atoms with Gasteiger partial charge in [-0.2, -0.15) is 8.78 Å². The first-order chi connectivity index (χ1) is 17.1. The summed E-state index contributed by atoms with van der Waals surface area (Å²) in [5.41, 5.74) is 2.91. The summed E-state index contributed by atoms with van der Waals surface area (Å²) in [5, 5.41) is 18.4. The first-order valence-corrected chi connectivity index (χ1v) is 11.3. The van der Waals surface area contributed by atoms with Crippen molar-refractivity contribution in [2.24, 2.45) is 0 Å². The molecular weight excluding hydrogens is 461 g/mol. The van der Waals surface area contributed by atoms with Gasteiger partial charge in [0, 0.05) is 43.6 Å². The number of nitrogens with zero attached hydrogens (tertiary/aromatic N) is 7. The van der Waals surface area contributed by atoms with E-state index in [4.69, 9.17) is 4.42 Å². The highest BCUT2D eigenvalue weighted by Crippen LogP contribution is 2.25. The van der Waals surface area contributed by atoms with E-state index in [9.17, 15) is 13.2 Å². The second-order valence-electron chi connectivity index (χ2n) is 7.49. The van der Waals surface area contributed by atoms with Gasteiger partial charge >= 0.3 is 6.43 Å². The van der Waals surface area contributed by atoms with E-state index in [1.54, 1.807) is 6.20 Å². The molecule has 0 radical (unpaired) electrons. The lowest BCUT2D eigenvalue weighted by Crippen LogP contribution is -2.43. The van der Waals surface area contributed by atoms with Crippen molar-refractivity contribution in [3.05, 3.63) is 60.1 Å². The number of alkyl halides is 2. The summed E-state index contributed by atoms with van der Waals surface area (Å²) < 4.78 is 46.2. The van der Waals surface area contributed by atoms with Crippen molar-refractivity contribution < 1.29 is 17.6 Å². The van der Waals surface area contributed by atoms with Crippen LogP contribution in [0.2, 0.25) is 0 Å². The maximum Gasteiger partial charge on any atom is 0.314 e. The summed E-state index contributed by atoms with van der Waals surface area (Å²) in [7, 11) is 0. The van der Waals surface area contributed by atoms with Gasteiger partial charge in [-0.15, -0.1) is 15.3 Å². The molecule has 1 N–H and O–H groups in total. The number of hydrogen-bond acceptors (Lipinski definition) is 8. The number of pyridine rings is 1. The fourth-order valence-corrected chi connectivity index (χ4v) is 3.59. The van der Waals surface area contributed by atoms with Crippen LogP contribution in [0.3, 0.4) is 0 Å². The topological polar surface area (TPSA) is 97.8 Å². The summed E-state index contributed by atoms with van der Waals surface area (Å²) in [6.45, 7) is 7.80. The minimum Gasteiger partial charge on any atom is -0.415 e. The number of aromatic nitrogens is 6. The van der Waals surface area contributed by atoms with Crippen LogP contribution in [0.25, 0.3) is 22.7 Å². The van der Waals surface area contributed by atoms with Crippen molar-refractivity contribution in [2.75, 3.05) is 31.1 Å². The molecule has 35 heavy (non-hydrogen) atoms. The van der Waals surface area contributed by atoms with Crippen molar-refractivity contribution in [1.82, 2.24) is 35.5 Å². The molecule has 0 amide bonds. The molecule has 0 atom stereocenters. The number of halogens is 3. The third kappa shape index (κ3) is 5.65. The van der Waals surface area contributed by atoms with Crippen LogP contribution in [0.15, 0.2) is 47.1 Å². The second kappa shape index (κ2) is 11.1. The highest BCUT2D eigenvalue weighted by atomic mass is 19.3. The first-order valence-electron chi connectivity index (χ1n) is 11.3. The first kappa shape index (κ1) is 24.3. The van der Waals surface area contributed by atoms with Crippen LogP contribution in [0.4, 0.5) is 18.9 Å². The minimum atomic E-state index is -2.90. The molecule has 0 aliphatic carbocycles. The van der Waals surface area contributed by atoms with Gasteiger partial charge in [0.25, 0.3) is 5.89 Å². The molecule has 12 heteroatoms. The smallest absolute Gasteiger partial charge is 0.314 e. The Morgan fingerprint density at radius 3 is 2.57 bits per heavy atom. The quantitative estimate of drug-likeness (QED) is 0.438. The van der Waals surface area contributed by atoms with E-state index < -0.39 is 18.1 Å². The zero-order valence-electron chi connectivity index (χ0n) is 19.3. The average molecular weight is 487 g/mol. The van der Waals surface area contributed by atoms with Crippen molar-refractivity contribution in [3.8, 4) is 22.7 Å². The molecule has 1 aliphatic heterocycles. The molecule has 4 heterocycles. The summed E-state index contributed by atoms with van der Waals surface area (Å²) in [4.78, 5) is 6.37.